The predicted octanol–water partition coefficient (Wildman–Crippen LogP) is 1.90. The molecule has 2 rings (SSSR count). The topological polar surface area (TPSA) is 94.0 Å². The summed E-state index contributed by atoms with van der Waals surface area (Å²) in [6, 6.07) is 0.717. The number of nitrogens with two attached hydrogens (primary N) is 1. The number of nitrogens with one attached hydrogen (secondary N) is 1. The summed E-state index contributed by atoms with van der Waals surface area (Å²) >= 11 is 0. The molecule has 0 aromatic carbocycles. The highest BCUT2D eigenvalue weighted by Crippen LogP contribution is 2.21. The number of amides is 1. The van der Waals surface area contributed by atoms with Gasteiger partial charge in [-0.05, 0) is 26.8 Å². The molecule has 7 heteroatoms. The molecule has 3 N–H and O–H groups in total. The minimum absolute atomic E-state index is 0.00334. The predicted molar refractivity (Wildman–Crippen MR) is 70.5 cm³/mol. The van der Waals surface area contributed by atoms with Gasteiger partial charge in [0.05, 0.1) is 23.5 Å². The third kappa shape index (κ3) is 2.61. The third-order valence-corrected chi connectivity index (χ3v) is 3.00. The summed E-state index contributed by atoms with van der Waals surface area (Å²) in [5.74, 6) is -0.508. The monoisotopic (exact) mass is 278 g/mol. The molecule has 0 bridgehead atoms. The van der Waals surface area contributed by atoms with Gasteiger partial charge < -0.3 is 15.6 Å². The maximum atomic E-state index is 13.1. The number of anilines is 1. The van der Waals surface area contributed by atoms with Gasteiger partial charge in [-0.1, -0.05) is 5.16 Å². The molecule has 1 unspecified atom stereocenters. The molecule has 0 aliphatic carbocycles. The molecule has 20 heavy (non-hydrogen) atoms. The molecule has 0 saturated carbocycles. The van der Waals surface area contributed by atoms with E-state index < -0.39 is 11.7 Å². The molecule has 0 aliphatic heterocycles. The number of halogens is 1. The molecule has 2 heterocycles. The molecule has 1 amide bonds. The molecule has 0 aliphatic rings. The number of rotatable bonds is 3. The van der Waals surface area contributed by atoms with Gasteiger partial charge in [-0.15, -0.1) is 0 Å². The van der Waals surface area contributed by atoms with Crippen molar-refractivity contribution in [2.75, 3.05) is 5.73 Å². The van der Waals surface area contributed by atoms with Gasteiger partial charge in [0.25, 0.3) is 5.91 Å². The molecule has 0 fully saturated rings. The molecule has 0 spiro atoms. The van der Waals surface area contributed by atoms with Crippen molar-refractivity contribution in [2.24, 2.45) is 0 Å². The lowest BCUT2D eigenvalue weighted by Crippen LogP contribution is -2.28. The van der Waals surface area contributed by atoms with E-state index >= 15 is 0 Å². The second kappa shape index (κ2) is 5.28. The van der Waals surface area contributed by atoms with Crippen molar-refractivity contribution >= 4 is 11.7 Å². The first-order chi connectivity index (χ1) is 9.40. The minimum atomic E-state index is -0.616. The van der Waals surface area contributed by atoms with Gasteiger partial charge in [-0.3, -0.25) is 4.79 Å². The van der Waals surface area contributed by atoms with E-state index in [1.807, 2.05) is 0 Å². The summed E-state index contributed by atoms with van der Waals surface area (Å²) in [6.45, 7) is 5.33. The first-order valence-electron chi connectivity index (χ1n) is 6.04. The van der Waals surface area contributed by atoms with Crippen LogP contribution >= 0.6 is 0 Å². The van der Waals surface area contributed by atoms with Crippen molar-refractivity contribution in [1.29, 1.82) is 0 Å². The number of hydrogen-bond acceptors (Lipinski definition) is 5. The number of carbonyl (C=O) groups is 1. The van der Waals surface area contributed by atoms with E-state index in [0.717, 1.165) is 17.8 Å². The van der Waals surface area contributed by atoms with Crippen LogP contribution in [0.4, 0.5) is 10.2 Å². The lowest BCUT2D eigenvalue weighted by Gasteiger charge is -2.14. The Morgan fingerprint density at radius 1 is 1.50 bits per heavy atom. The summed E-state index contributed by atoms with van der Waals surface area (Å²) in [7, 11) is 0. The number of nitrogen functional groups attached to an aromatic ring is 1. The fourth-order valence-electron chi connectivity index (χ4n) is 2.09. The highest BCUT2D eigenvalue weighted by atomic mass is 19.1. The highest BCUT2D eigenvalue weighted by Gasteiger charge is 2.20. The second-order valence-electron chi connectivity index (χ2n) is 4.52. The lowest BCUT2D eigenvalue weighted by atomic mass is 10.1. The largest absolute Gasteiger partial charge is 0.383 e. The van der Waals surface area contributed by atoms with Crippen LogP contribution in [0.2, 0.25) is 0 Å². The fourth-order valence-corrected chi connectivity index (χ4v) is 2.09. The van der Waals surface area contributed by atoms with E-state index in [1.165, 1.54) is 0 Å². The first kappa shape index (κ1) is 14.0. The molecular formula is C13H15FN4O2. The van der Waals surface area contributed by atoms with Gasteiger partial charge in [0.1, 0.15) is 17.4 Å². The van der Waals surface area contributed by atoms with Crippen LogP contribution in [0.1, 0.15) is 40.3 Å². The maximum absolute atomic E-state index is 13.1. The Hall–Kier alpha value is -2.44. The third-order valence-electron chi connectivity index (χ3n) is 3.00. The molecular weight excluding hydrogens is 263 g/mol. The summed E-state index contributed by atoms with van der Waals surface area (Å²) in [5.41, 5.74) is 7.07. The summed E-state index contributed by atoms with van der Waals surface area (Å²) < 4.78 is 18.2. The van der Waals surface area contributed by atoms with Crippen molar-refractivity contribution in [1.82, 2.24) is 15.5 Å². The van der Waals surface area contributed by atoms with Gasteiger partial charge in [-0.25, -0.2) is 9.37 Å². The molecule has 2 aromatic heterocycles. The van der Waals surface area contributed by atoms with E-state index in [1.54, 1.807) is 20.8 Å². The van der Waals surface area contributed by atoms with Crippen LogP contribution in [0, 0.1) is 19.7 Å². The maximum Gasteiger partial charge on any atom is 0.255 e. The quantitative estimate of drug-likeness (QED) is 0.894. The zero-order chi connectivity index (χ0) is 14.9. The minimum Gasteiger partial charge on any atom is -0.383 e. The van der Waals surface area contributed by atoms with Crippen LogP contribution in [-0.2, 0) is 0 Å². The standard InChI is InChI=1S/C13H15FN4O2/c1-6(11-7(2)18-20-8(11)3)17-13(19)10-4-9(14)5-16-12(10)15/h4-6H,1-3H3,(H2,15,16)(H,17,19). The van der Waals surface area contributed by atoms with Crippen molar-refractivity contribution in [3.8, 4) is 0 Å². The molecule has 106 valence electrons. The number of aryl methyl sites for hydroxylation is 2. The zero-order valence-corrected chi connectivity index (χ0v) is 11.4. The van der Waals surface area contributed by atoms with E-state index in [0.29, 0.717) is 11.5 Å². The molecule has 1 atom stereocenters. The van der Waals surface area contributed by atoms with Gasteiger partial charge in [0, 0.05) is 5.56 Å². The number of hydrogen-bond donors (Lipinski definition) is 2. The smallest absolute Gasteiger partial charge is 0.255 e. The van der Waals surface area contributed by atoms with E-state index in [4.69, 9.17) is 10.3 Å². The Bertz CT molecular complexity index is 634. The van der Waals surface area contributed by atoms with E-state index in [9.17, 15) is 9.18 Å². The van der Waals surface area contributed by atoms with E-state index in [-0.39, 0.29) is 17.4 Å². The summed E-state index contributed by atoms with van der Waals surface area (Å²) in [6.07, 6.45) is 0.962. The van der Waals surface area contributed by atoms with Gasteiger partial charge in [0.15, 0.2) is 0 Å². The van der Waals surface area contributed by atoms with Crippen molar-refractivity contribution in [3.05, 3.63) is 40.7 Å². The fraction of sp³-hybridized carbons (Fsp3) is 0.308. The number of aromatic nitrogens is 2. The normalized spacial score (nSPS) is 12.2. The molecule has 6 nitrogen and oxygen atoms in total. The van der Waals surface area contributed by atoms with Crippen molar-refractivity contribution < 1.29 is 13.7 Å². The number of carbonyl (C=O) groups excluding carboxylic acids is 1. The van der Waals surface area contributed by atoms with Gasteiger partial charge in [-0.2, -0.15) is 0 Å². The second-order valence-corrected chi connectivity index (χ2v) is 4.52. The summed E-state index contributed by atoms with van der Waals surface area (Å²) in [5, 5.41) is 6.55. The van der Waals surface area contributed by atoms with Crippen LogP contribution in [0.5, 0.6) is 0 Å². The van der Waals surface area contributed by atoms with Gasteiger partial charge >= 0.3 is 0 Å². The Morgan fingerprint density at radius 2 is 2.20 bits per heavy atom. The van der Waals surface area contributed by atoms with Crippen LogP contribution in [0.25, 0.3) is 0 Å². The SMILES string of the molecule is Cc1noc(C)c1C(C)NC(=O)c1cc(F)cnc1N. The number of nitrogens with zero attached hydrogens (tertiary/aromatic N) is 2. The molecule has 0 saturated heterocycles. The molecule has 0 radical (unpaired) electrons. The lowest BCUT2D eigenvalue weighted by molar-refractivity contribution is 0.0940. The zero-order valence-electron chi connectivity index (χ0n) is 11.4. The summed E-state index contributed by atoms with van der Waals surface area (Å²) in [4.78, 5) is 15.7. The van der Waals surface area contributed by atoms with Crippen LogP contribution in [0.15, 0.2) is 16.8 Å². The van der Waals surface area contributed by atoms with Crippen LogP contribution < -0.4 is 11.1 Å². The van der Waals surface area contributed by atoms with Crippen molar-refractivity contribution in [2.45, 2.75) is 26.8 Å². The van der Waals surface area contributed by atoms with E-state index in [2.05, 4.69) is 15.5 Å². The average molecular weight is 278 g/mol. The van der Waals surface area contributed by atoms with Crippen molar-refractivity contribution in [3.63, 3.8) is 0 Å². The number of pyridine rings is 1. The highest BCUT2D eigenvalue weighted by molar-refractivity contribution is 5.98. The van der Waals surface area contributed by atoms with Gasteiger partial charge in [0.2, 0.25) is 0 Å². The Morgan fingerprint density at radius 3 is 2.80 bits per heavy atom. The molecule has 2 aromatic rings. The van der Waals surface area contributed by atoms with Crippen LogP contribution in [-0.4, -0.2) is 16.0 Å². The first-order valence-corrected chi connectivity index (χ1v) is 6.04. The van der Waals surface area contributed by atoms with Crippen LogP contribution in [0.3, 0.4) is 0 Å². The Kier molecular flexibility index (Phi) is 3.69. The average Bonchev–Trinajstić information content (AvgIpc) is 2.71. The Labute approximate surface area is 115 Å². The Balaban J connectivity index is 2.22.